The lowest BCUT2D eigenvalue weighted by molar-refractivity contribution is 0.157. The molecule has 7 nitrogen and oxygen atoms in total. The van der Waals surface area contributed by atoms with Crippen molar-refractivity contribution in [2.45, 2.75) is 24.8 Å². The first-order valence-electron chi connectivity index (χ1n) is 5.95. The van der Waals surface area contributed by atoms with Crippen molar-refractivity contribution in [2.24, 2.45) is 11.8 Å². The smallest absolute Gasteiger partial charge is 0.244 e. The summed E-state index contributed by atoms with van der Waals surface area (Å²) < 4.78 is 33.0. The molecule has 4 N–H and O–H groups in total. The standard InChI is InChI=1S/C11H19BrN4O3S/c1-7(2)9(6-19-3)16-20(17,18)10-4-8(12)5-14-11(10)15-13/h4-5,7,9,16H,6,13H2,1-3H3,(H,14,15). The predicted octanol–water partition coefficient (Wildman–Crippen LogP) is 1.08. The highest BCUT2D eigenvalue weighted by atomic mass is 79.9. The van der Waals surface area contributed by atoms with Crippen LogP contribution in [0.2, 0.25) is 0 Å². The third-order valence-corrected chi connectivity index (χ3v) is 4.64. The summed E-state index contributed by atoms with van der Waals surface area (Å²) in [5.41, 5.74) is 2.28. The van der Waals surface area contributed by atoms with Gasteiger partial charge in [0.2, 0.25) is 10.0 Å². The summed E-state index contributed by atoms with van der Waals surface area (Å²) in [6.45, 7) is 4.10. The number of ether oxygens (including phenoxy) is 1. The van der Waals surface area contributed by atoms with Gasteiger partial charge in [0.05, 0.1) is 6.61 Å². The maximum atomic E-state index is 12.4. The van der Waals surface area contributed by atoms with Gasteiger partial charge in [-0.05, 0) is 27.9 Å². The molecule has 1 aromatic heterocycles. The molecular formula is C11H19BrN4O3S. The van der Waals surface area contributed by atoms with Gasteiger partial charge in [0.15, 0.2) is 5.82 Å². The van der Waals surface area contributed by atoms with Gasteiger partial charge in [-0.2, -0.15) is 0 Å². The first-order chi connectivity index (χ1) is 9.31. The molecule has 0 fully saturated rings. The summed E-state index contributed by atoms with van der Waals surface area (Å²) in [5, 5.41) is 0. The van der Waals surface area contributed by atoms with E-state index in [1.807, 2.05) is 13.8 Å². The second kappa shape index (κ2) is 7.32. The number of halogens is 1. The van der Waals surface area contributed by atoms with Crippen LogP contribution in [0.25, 0.3) is 0 Å². The zero-order valence-electron chi connectivity index (χ0n) is 11.6. The van der Waals surface area contributed by atoms with Gasteiger partial charge in [-0.15, -0.1) is 0 Å². The summed E-state index contributed by atoms with van der Waals surface area (Å²) in [6.07, 6.45) is 1.46. The van der Waals surface area contributed by atoms with Crippen LogP contribution in [0.15, 0.2) is 21.6 Å². The second-order valence-electron chi connectivity index (χ2n) is 4.57. The molecule has 0 saturated carbocycles. The molecule has 0 aliphatic carbocycles. The zero-order valence-corrected chi connectivity index (χ0v) is 14.0. The number of anilines is 1. The van der Waals surface area contributed by atoms with Crippen molar-refractivity contribution in [2.75, 3.05) is 19.1 Å². The van der Waals surface area contributed by atoms with Crippen LogP contribution < -0.4 is 16.0 Å². The SMILES string of the molecule is COCC(NS(=O)(=O)c1cc(Br)cnc1NN)C(C)C. The number of nitrogens with zero attached hydrogens (tertiary/aromatic N) is 1. The van der Waals surface area contributed by atoms with E-state index in [1.165, 1.54) is 19.4 Å². The zero-order chi connectivity index (χ0) is 15.3. The van der Waals surface area contributed by atoms with Crippen LogP contribution in [0.3, 0.4) is 0 Å². The Labute approximate surface area is 127 Å². The summed E-state index contributed by atoms with van der Waals surface area (Å²) >= 11 is 3.20. The number of sulfonamides is 1. The third kappa shape index (κ3) is 4.38. The lowest BCUT2D eigenvalue weighted by Crippen LogP contribution is -2.41. The molecule has 0 amide bonds. The minimum Gasteiger partial charge on any atom is -0.383 e. The van der Waals surface area contributed by atoms with Gasteiger partial charge in [-0.1, -0.05) is 13.8 Å². The Kier molecular flexibility index (Phi) is 6.34. The molecule has 0 aliphatic rings. The first kappa shape index (κ1) is 17.3. The molecule has 1 atom stereocenters. The predicted molar refractivity (Wildman–Crippen MR) is 80.6 cm³/mol. The summed E-state index contributed by atoms with van der Waals surface area (Å²) in [7, 11) is -2.23. The van der Waals surface area contributed by atoms with Crippen molar-refractivity contribution in [3.8, 4) is 0 Å². The number of rotatable bonds is 7. The number of nitrogens with one attached hydrogen (secondary N) is 2. The number of hydrazine groups is 1. The molecule has 1 unspecified atom stereocenters. The fourth-order valence-electron chi connectivity index (χ4n) is 1.54. The van der Waals surface area contributed by atoms with Gasteiger partial charge in [0.1, 0.15) is 4.90 Å². The van der Waals surface area contributed by atoms with E-state index in [0.717, 1.165) is 0 Å². The van der Waals surface area contributed by atoms with Crippen molar-refractivity contribution in [3.05, 3.63) is 16.7 Å². The fraction of sp³-hybridized carbons (Fsp3) is 0.545. The molecule has 1 heterocycles. The van der Waals surface area contributed by atoms with Crippen molar-refractivity contribution in [3.63, 3.8) is 0 Å². The van der Waals surface area contributed by atoms with E-state index in [4.69, 9.17) is 10.6 Å². The monoisotopic (exact) mass is 366 g/mol. The van der Waals surface area contributed by atoms with Crippen molar-refractivity contribution in [1.29, 1.82) is 0 Å². The Bertz CT molecular complexity index is 551. The molecule has 20 heavy (non-hydrogen) atoms. The topological polar surface area (TPSA) is 106 Å². The van der Waals surface area contributed by atoms with E-state index >= 15 is 0 Å². The average Bonchev–Trinajstić information content (AvgIpc) is 2.38. The molecule has 1 rings (SSSR count). The highest BCUT2D eigenvalue weighted by Gasteiger charge is 2.25. The number of nitrogens with two attached hydrogens (primary N) is 1. The van der Waals surface area contributed by atoms with Crippen LogP contribution in [-0.4, -0.2) is 33.2 Å². The largest absolute Gasteiger partial charge is 0.383 e. The quantitative estimate of drug-likeness (QED) is 0.492. The number of aromatic nitrogens is 1. The van der Waals surface area contributed by atoms with E-state index in [2.05, 4.69) is 31.1 Å². The Morgan fingerprint density at radius 3 is 2.65 bits per heavy atom. The van der Waals surface area contributed by atoms with E-state index in [-0.39, 0.29) is 29.3 Å². The van der Waals surface area contributed by atoms with Gasteiger partial charge < -0.3 is 10.2 Å². The molecule has 114 valence electrons. The van der Waals surface area contributed by atoms with Crippen LogP contribution in [0, 0.1) is 5.92 Å². The summed E-state index contributed by atoms with van der Waals surface area (Å²) in [4.78, 5) is 3.91. The molecule has 0 aromatic carbocycles. The number of hydrogen-bond donors (Lipinski definition) is 3. The summed E-state index contributed by atoms with van der Waals surface area (Å²) in [5.74, 6) is 5.47. The minimum atomic E-state index is -3.76. The second-order valence-corrected chi connectivity index (χ2v) is 7.17. The fourth-order valence-corrected chi connectivity index (χ4v) is 3.54. The van der Waals surface area contributed by atoms with E-state index in [9.17, 15) is 8.42 Å². The summed E-state index contributed by atoms with van der Waals surface area (Å²) in [6, 6.07) is 1.10. The molecule has 0 aliphatic heterocycles. The van der Waals surface area contributed by atoms with E-state index in [1.54, 1.807) is 0 Å². The van der Waals surface area contributed by atoms with Gasteiger partial charge >= 0.3 is 0 Å². The molecule has 0 spiro atoms. The van der Waals surface area contributed by atoms with Gasteiger partial charge in [0, 0.05) is 23.8 Å². The lowest BCUT2D eigenvalue weighted by atomic mass is 10.1. The maximum absolute atomic E-state index is 12.4. The first-order valence-corrected chi connectivity index (χ1v) is 8.23. The van der Waals surface area contributed by atoms with Crippen molar-refractivity contribution in [1.82, 2.24) is 9.71 Å². The maximum Gasteiger partial charge on any atom is 0.244 e. The Hall–Kier alpha value is -0.740. The Morgan fingerprint density at radius 2 is 2.15 bits per heavy atom. The van der Waals surface area contributed by atoms with Gasteiger partial charge in [0.25, 0.3) is 0 Å². The van der Waals surface area contributed by atoms with Crippen molar-refractivity contribution >= 4 is 31.8 Å². The molecule has 1 aromatic rings. The van der Waals surface area contributed by atoms with Crippen molar-refractivity contribution < 1.29 is 13.2 Å². The third-order valence-electron chi connectivity index (χ3n) is 2.70. The minimum absolute atomic E-state index is 0.0175. The van der Waals surface area contributed by atoms with Gasteiger partial charge in [-0.25, -0.2) is 24.0 Å². The highest BCUT2D eigenvalue weighted by Crippen LogP contribution is 2.22. The van der Waals surface area contributed by atoms with Crippen LogP contribution in [-0.2, 0) is 14.8 Å². The molecule has 0 bridgehead atoms. The number of nitrogen functional groups attached to an aromatic ring is 1. The van der Waals surface area contributed by atoms with Crippen LogP contribution >= 0.6 is 15.9 Å². The Balaban J connectivity index is 3.13. The molecule has 9 heteroatoms. The Morgan fingerprint density at radius 1 is 1.50 bits per heavy atom. The highest BCUT2D eigenvalue weighted by molar-refractivity contribution is 9.10. The van der Waals surface area contributed by atoms with Gasteiger partial charge in [-0.3, -0.25) is 0 Å². The van der Waals surface area contributed by atoms with E-state index in [0.29, 0.717) is 4.47 Å². The number of methoxy groups -OCH3 is 1. The number of pyridine rings is 1. The normalized spacial score (nSPS) is 13.5. The van der Waals surface area contributed by atoms with Crippen LogP contribution in [0.5, 0.6) is 0 Å². The molecular weight excluding hydrogens is 348 g/mol. The number of hydrogen-bond acceptors (Lipinski definition) is 6. The van der Waals surface area contributed by atoms with Crippen LogP contribution in [0.4, 0.5) is 5.82 Å². The molecule has 0 radical (unpaired) electrons. The molecule has 0 saturated heterocycles. The average molecular weight is 367 g/mol. The van der Waals surface area contributed by atoms with Crippen LogP contribution in [0.1, 0.15) is 13.8 Å². The van der Waals surface area contributed by atoms with E-state index < -0.39 is 10.0 Å². The lowest BCUT2D eigenvalue weighted by Gasteiger charge is -2.22.